The number of hydrogen-bond acceptors (Lipinski definition) is 5. The number of nitrogens with one attached hydrogen (secondary N) is 1. The summed E-state index contributed by atoms with van der Waals surface area (Å²) in [6.45, 7) is 5.41. The van der Waals surface area contributed by atoms with E-state index in [4.69, 9.17) is 9.47 Å². The van der Waals surface area contributed by atoms with E-state index in [1.807, 2.05) is 31.2 Å². The molecule has 0 aromatic heterocycles. The lowest BCUT2D eigenvalue weighted by Crippen LogP contribution is -2.38. The van der Waals surface area contributed by atoms with Gasteiger partial charge in [0, 0.05) is 13.1 Å². The SMILES string of the molecule is Cc1ccc(O[C@H](C)C(=O)NCCOc2ccc(S(=O)(=O)N3CCCCC3)cc2)cc1. The van der Waals surface area contributed by atoms with Gasteiger partial charge in [-0.3, -0.25) is 4.79 Å². The third-order valence-corrected chi connectivity index (χ3v) is 7.06. The number of carbonyl (C=O) groups is 1. The molecule has 1 aliphatic heterocycles. The van der Waals surface area contributed by atoms with Crippen LogP contribution in [0.25, 0.3) is 0 Å². The first kappa shape index (κ1) is 23.1. The van der Waals surface area contributed by atoms with Crippen LogP contribution in [0.15, 0.2) is 53.4 Å². The lowest BCUT2D eigenvalue weighted by Gasteiger charge is -2.25. The van der Waals surface area contributed by atoms with E-state index in [0.29, 0.717) is 31.1 Å². The molecule has 0 spiro atoms. The second kappa shape index (κ2) is 10.6. The van der Waals surface area contributed by atoms with Crippen molar-refractivity contribution in [2.24, 2.45) is 0 Å². The number of nitrogens with zero attached hydrogens (tertiary/aromatic N) is 1. The molecule has 1 N–H and O–H groups in total. The minimum atomic E-state index is -3.45. The quantitative estimate of drug-likeness (QED) is 0.598. The molecule has 1 fully saturated rings. The van der Waals surface area contributed by atoms with E-state index in [-0.39, 0.29) is 17.4 Å². The molecule has 31 heavy (non-hydrogen) atoms. The highest BCUT2D eigenvalue weighted by atomic mass is 32.2. The van der Waals surface area contributed by atoms with Crippen molar-refractivity contribution in [1.82, 2.24) is 9.62 Å². The highest BCUT2D eigenvalue weighted by Gasteiger charge is 2.25. The van der Waals surface area contributed by atoms with E-state index in [9.17, 15) is 13.2 Å². The van der Waals surface area contributed by atoms with Crippen molar-refractivity contribution >= 4 is 15.9 Å². The zero-order valence-corrected chi connectivity index (χ0v) is 18.9. The van der Waals surface area contributed by atoms with Gasteiger partial charge in [0.05, 0.1) is 11.4 Å². The van der Waals surface area contributed by atoms with Gasteiger partial charge in [-0.1, -0.05) is 24.1 Å². The summed E-state index contributed by atoms with van der Waals surface area (Å²) in [5, 5.41) is 2.77. The second-order valence-corrected chi connectivity index (χ2v) is 9.59. The van der Waals surface area contributed by atoms with E-state index in [1.54, 1.807) is 35.5 Å². The summed E-state index contributed by atoms with van der Waals surface area (Å²) in [6, 6.07) is 13.9. The molecule has 7 nitrogen and oxygen atoms in total. The van der Waals surface area contributed by atoms with E-state index in [2.05, 4.69) is 5.32 Å². The summed E-state index contributed by atoms with van der Waals surface area (Å²) < 4.78 is 38.1. The Morgan fingerprint density at radius 1 is 1.00 bits per heavy atom. The van der Waals surface area contributed by atoms with Crippen molar-refractivity contribution in [2.45, 2.75) is 44.1 Å². The van der Waals surface area contributed by atoms with Gasteiger partial charge in [0.2, 0.25) is 10.0 Å². The lowest BCUT2D eigenvalue weighted by molar-refractivity contribution is -0.127. The van der Waals surface area contributed by atoms with Gasteiger partial charge in [-0.25, -0.2) is 8.42 Å². The largest absolute Gasteiger partial charge is 0.492 e. The molecule has 3 rings (SSSR count). The Morgan fingerprint density at radius 3 is 2.26 bits per heavy atom. The molecule has 0 saturated carbocycles. The molecule has 2 aromatic carbocycles. The van der Waals surface area contributed by atoms with Crippen LogP contribution in [0.4, 0.5) is 0 Å². The fourth-order valence-corrected chi connectivity index (χ4v) is 4.84. The van der Waals surface area contributed by atoms with Gasteiger partial charge in [0.1, 0.15) is 18.1 Å². The molecular weight excluding hydrogens is 416 g/mol. The van der Waals surface area contributed by atoms with Crippen LogP contribution in [0.3, 0.4) is 0 Å². The summed E-state index contributed by atoms with van der Waals surface area (Å²) in [5.74, 6) is 0.965. The maximum atomic E-state index is 12.7. The van der Waals surface area contributed by atoms with Gasteiger partial charge < -0.3 is 14.8 Å². The predicted molar refractivity (Wildman–Crippen MR) is 119 cm³/mol. The predicted octanol–water partition coefficient (Wildman–Crippen LogP) is 3.13. The highest BCUT2D eigenvalue weighted by molar-refractivity contribution is 7.89. The molecule has 1 amide bonds. The van der Waals surface area contributed by atoms with Gasteiger partial charge >= 0.3 is 0 Å². The van der Waals surface area contributed by atoms with Crippen LogP contribution in [0, 0.1) is 6.92 Å². The number of benzene rings is 2. The first-order valence-electron chi connectivity index (χ1n) is 10.6. The van der Waals surface area contributed by atoms with Crippen LogP contribution < -0.4 is 14.8 Å². The minimum absolute atomic E-state index is 0.229. The van der Waals surface area contributed by atoms with Gasteiger partial charge in [-0.2, -0.15) is 4.31 Å². The van der Waals surface area contributed by atoms with Crippen LogP contribution in [0.2, 0.25) is 0 Å². The first-order valence-corrected chi connectivity index (χ1v) is 12.0. The summed E-state index contributed by atoms with van der Waals surface area (Å²) >= 11 is 0. The van der Waals surface area contributed by atoms with Crippen molar-refractivity contribution in [2.75, 3.05) is 26.2 Å². The molecule has 0 unspecified atom stereocenters. The second-order valence-electron chi connectivity index (χ2n) is 7.65. The molecule has 1 heterocycles. The molecule has 1 aliphatic rings. The Bertz CT molecular complexity index is 952. The average molecular weight is 447 g/mol. The van der Waals surface area contributed by atoms with Gasteiger partial charge in [-0.05, 0) is 63.1 Å². The normalized spacial score (nSPS) is 15.8. The smallest absolute Gasteiger partial charge is 0.260 e. The average Bonchev–Trinajstić information content (AvgIpc) is 2.79. The molecule has 0 radical (unpaired) electrons. The Balaban J connectivity index is 1.42. The Kier molecular flexibility index (Phi) is 7.92. The monoisotopic (exact) mass is 446 g/mol. The first-order chi connectivity index (χ1) is 14.9. The maximum Gasteiger partial charge on any atom is 0.260 e. The molecule has 0 bridgehead atoms. The molecule has 1 saturated heterocycles. The zero-order chi connectivity index (χ0) is 22.3. The van der Waals surface area contributed by atoms with Crippen LogP contribution in [0.1, 0.15) is 31.7 Å². The van der Waals surface area contributed by atoms with Crippen LogP contribution >= 0.6 is 0 Å². The Hall–Kier alpha value is -2.58. The van der Waals surface area contributed by atoms with Gasteiger partial charge in [-0.15, -0.1) is 0 Å². The Morgan fingerprint density at radius 2 is 1.61 bits per heavy atom. The number of hydrogen-bond donors (Lipinski definition) is 1. The Labute approximate surface area is 184 Å². The lowest BCUT2D eigenvalue weighted by atomic mass is 10.2. The number of rotatable bonds is 9. The number of sulfonamides is 1. The van der Waals surface area contributed by atoms with Crippen molar-refractivity contribution in [3.63, 3.8) is 0 Å². The van der Waals surface area contributed by atoms with E-state index >= 15 is 0 Å². The number of ether oxygens (including phenoxy) is 2. The van der Waals surface area contributed by atoms with E-state index < -0.39 is 16.1 Å². The van der Waals surface area contributed by atoms with E-state index in [1.165, 1.54) is 0 Å². The highest BCUT2D eigenvalue weighted by Crippen LogP contribution is 2.22. The summed E-state index contributed by atoms with van der Waals surface area (Å²) in [7, 11) is -3.45. The molecule has 0 aliphatic carbocycles. The zero-order valence-electron chi connectivity index (χ0n) is 18.0. The molecular formula is C23H30N2O5S. The molecule has 8 heteroatoms. The fourth-order valence-electron chi connectivity index (χ4n) is 3.32. The van der Waals surface area contributed by atoms with Crippen LogP contribution in [0.5, 0.6) is 11.5 Å². The van der Waals surface area contributed by atoms with E-state index in [0.717, 1.165) is 24.8 Å². The molecule has 2 aromatic rings. The molecule has 1 atom stereocenters. The van der Waals surface area contributed by atoms with Gasteiger partial charge in [0.15, 0.2) is 6.10 Å². The fraction of sp³-hybridized carbons (Fsp3) is 0.435. The third-order valence-electron chi connectivity index (χ3n) is 5.15. The standard InChI is InChI=1S/C23H30N2O5S/c1-18-6-8-21(9-7-18)30-19(2)23(26)24-14-17-29-20-10-12-22(13-11-20)31(27,28)25-15-4-3-5-16-25/h6-13,19H,3-5,14-17H2,1-2H3,(H,24,26)/t19-/m1/s1. The number of amides is 1. The van der Waals surface area contributed by atoms with Crippen molar-refractivity contribution in [1.29, 1.82) is 0 Å². The van der Waals surface area contributed by atoms with Crippen LogP contribution in [-0.2, 0) is 14.8 Å². The summed E-state index contributed by atoms with van der Waals surface area (Å²) in [6.07, 6.45) is 2.26. The summed E-state index contributed by atoms with van der Waals surface area (Å²) in [4.78, 5) is 12.4. The number of carbonyl (C=O) groups excluding carboxylic acids is 1. The van der Waals surface area contributed by atoms with Crippen LogP contribution in [-0.4, -0.2) is 51.0 Å². The third kappa shape index (κ3) is 6.45. The topological polar surface area (TPSA) is 84.9 Å². The molecule has 168 valence electrons. The van der Waals surface area contributed by atoms with Crippen molar-refractivity contribution < 1.29 is 22.7 Å². The minimum Gasteiger partial charge on any atom is -0.492 e. The number of aryl methyl sites for hydroxylation is 1. The maximum absolute atomic E-state index is 12.7. The van der Waals surface area contributed by atoms with Crippen molar-refractivity contribution in [3.8, 4) is 11.5 Å². The van der Waals surface area contributed by atoms with Crippen molar-refractivity contribution in [3.05, 3.63) is 54.1 Å². The number of piperidine rings is 1. The van der Waals surface area contributed by atoms with Gasteiger partial charge in [0.25, 0.3) is 5.91 Å². The summed E-state index contributed by atoms with van der Waals surface area (Å²) in [5.41, 5.74) is 1.12.